The molecule has 0 aliphatic rings. The molecule has 1 atom stereocenters. The van der Waals surface area contributed by atoms with Gasteiger partial charge in [0.25, 0.3) is 0 Å². The summed E-state index contributed by atoms with van der Waals surface area (Å²) in [4.78, 5) is 11.9. The number of rotatable bonds is 6. The van der Waals surface area contributed by atoms with Crippen molar-refractivity contribution in [2.24, 2.45) is 5.92 Å². The van der Waals surface area contributed by atoms with Crippen molar-refractivity contribution in [1.29, 1.82) is 0 Å². The molecule has 0 aliphatic carbocycles. The maximum atomic E-state index is 13.9. The third-order valence-electron chi connectivity index (χ3n) is 2.95. The van der Waals surface area contributed by atoms with Crippen molar-refractivity contribution in [3.63, 3.8) is 0 Å². The van der Waals surface area contributed by atoms with Crippen LogP contribution >= 0.6 is 0 Å². The van der Waals surface area contributed by atoms with Gasteiger partial charge in [0.15, 0.2) is 11.6 Å². The highest BCUT2D eigenvalue weighted by molar-refractivity contribution is 5.92. The molecule has 1 aromatic carbocycles. The first kappa shape index (κ1) is 17.3. The van der Waals surface area contributed by atoms with Crippen LogP contribution < -0.4 is 10.1 Å². The Kier molecular flexibility index (Phi) is 5.99. The van der Waals surface area contributed by atoms with Crippen molar-refractivity contribution in [1.82, 2.24) is 0 Å². The zero-order chi connectivity index (χ0) is 16.0. The lowest BCUT2D eigenvalue weighted by atomic mass is 10.00. The zero-order valence-corrected chi connectivity index (χ0v) is 11.8. The first-order valence-electron chi connectivity index (χ1n) is 6.63. The molecule has 1 rings (SSSR count). The minimum absolute atomic E-state index is 0.304. The number of carbonyl (C=O) groups is 1. The summed E-state index contributed by atoms with van der Waals surface area (Å²) in [5, 5.41) is 2.31. The van der Waals surface area contributed by atoms with E-state index in [-0.39, 0.29) is 11.6 Å². The highest BCUT2D eigenvalue weighted by Gasteiger charge is 2.33. The molecule has 7 heteroatoms. The topological polar surface area (TPSA) is 38.3 Å². The van der Waals surface area contributed by atoms with Crippen molar-refractivity contribution in [2.45, 2.75) is 39.5 Å². The molecule has 0 aromatic heterocycles. The number of carbonyl (C=O) groups excluding carboxylic acids is 1. The van der Waals surface area contributed by atoms with Crippen LogP contribution in [0.3, 0.4) is 0 Å². The van der Waals surface area contributed by atoms with E-state index in [0.717, 1.165) is 12.5 Å². The van der Waals surface area contributed by atoms with E-state index in [9.17, 15) is 22.4 Å². The van der Waals surface area contributed by atoms with Crippen LogP contribution in [0.4, 0.5) is 23.2 Å². The summed E-state index contributed by atoms with van der Waals surface area (Å²) < 4.78 is 53.8. The minimum atomic E-state index is -4.99. The minimum Gasteiger partial charge on any atom is -0.403 e. The molecule has 118 valence electrons. The molecule has 0 fully saturated rings. The summed E-state index contributed by atoms with van der Waals surface area (Å²) >= 11 is 0. The van der Waals surface area contributed by atoms with E-state index in [2.05, 4.69) is 10.1 Å². The second-order valence-electron chi connectivity index (χ2n) is 4.55. The van der Waals surface area contributed by atoms with Crippen LogP contribution in [0.2, 0.25) is 0 Å². The van der Waals surface area contributed by atoms with Crippen molar-refractivity contribution < 1.29 is 27.1 Å². The van der Waals surface area contributed by atoms with Crippen molar-refractivity contribution in [3.05, 3.63) is 24.0 Å². The number of ether oxygens (including phenoxy) is 1. The van der Waals surface area contributed by atoms with Crippen LogP contribution in [0.1, 0.15) is 33.1 Å². The number of anilines is 1. The molecule has 0 spiro atoms. The SMILES string of the molecule is CCCC(CC)C(=O)Nc1cccc(OC(F)(F)F)c1F. The average molecular weight is 307 g/mol. The molecule has 1 aromatic rings. The lowest BCUT2D eigenvalue weighted by Gasteiger charge is -2.16. The van der Waals surface area contributed by atoms with Gasteiger partial charge in [-0.3, -0.25) is 4.79 Å². The van der Waals surface area contributed by atoms with Gasteiger partial charge in [-0.1, -0.05) is 26.3 Å². The van der Waals surface area contributed by atoms with Gasteiger partial charge >= 0.3 is 6.36 Å². The maximum Gasteiger partial charge on any atom is 0.573 e. The summed E-state index contributed by atoms with van der Waals surface area (Å²) in [5.74, 6) is -2.93. The van der Waals surface area contributed by atoms with Crippen LogP contribution in [-0.4, -0.2) is 12.3 Å². The molecule has 0 heterocycles. The van der Waals surface area contributed by atoms with E-state index in [1.54, 1.807) is 0 Å². The third-order valence-corrected chi connectivity index (χ3v) is 2.95. The summed E-state index contributed by atoms with van der Waals surface area (Å²) in [6.07, 6.45) is -3.01. The number of amides is 1. The molecule has 0 saturated carbocycles. The van der Waals surface area contributed by atoms with E-state index in [4.69, 9.17) is 0 Å². The van der Waals surface area contributed by atoms with Gasteiger partial charge in [0.1, 0.15) is 0 Å². The molecule has 21 heavy (non-hydrogen) atoms. The third kappa shape index (κ3) is 5.24. The summed E-state index contributed by atoms with van der Waals surface area (Å²) in [6, 6.07) is 3.22. The standard InChI is InChI=1S/C14H17F4NO2/c1-3-6-9(4-2)13(20)19-10-7-5-8-11(12(10)15)21-14(16,17)18/h5,7-9H,3-4,6H2,1-2H3,(H,19,20). The summed E-state index contributed by atoms with van der Waals surface area (Å²) in [6.45, 7) is 3.73. The van der Waals surface area contributed by atoms with Gasteiger partial charge in [-0.15, -0.1) is 13.2 Å². The number of halogens is 4. The predicted octanol–water partition coefficient (Wildman–Crippen LogP) is 4.49. The fourth-order valence-corrected chi connectivity index (χ4v) is 1.91. The van der Waals surface area contributed by atoms with Gasteiger partial charge in [0, 0.05) is 5.92 Å². The van der Waals surface area contributed by atoms with Crippen LogP contribution in [-0.2, 0) is 4.79 Å². The normalized spacial score (nSPS) is 12.9. The van der Waals surface area contributed by atoms with Crippen molar-refractivity contribution >= 4 is 11.6 Å². The molecule has 3 nitrogen and oxygen atoms in total. The molecule has 0 radical (unpaired) electrons. The summed E-state index contributed by atoms with van der Waals surface area (Å²) in [7, 11) is 0. The van der Waals surface area contributed by atoms with Gasteiger partial charge in [0.05, 0.1) is 5.69 Å². The van der Waals surface area contributed by atoms with E-state index < -0.39 is 23.8 Å². The van der Waals surface area contributed by atoms with Gasteiger partial charge in [-0.05, 0) is 25.0 Å². The van der Waals surface area contributed by atoms with Crippen LogP contribution in [0, 0.1) is 11.7 Å². The predicted molar refractivity (Wildman–Crippen MR) is 70.4 cm³/mol. The first-order valence-corrected chi connectivity index (χ1v) is 6.63. The number of benzene rings is 1. The zero-order valence-electron chi connectivity index (χ0n) is 11.8. The molecule has 1 unspecified atom stereocenters. The van der Waals surface area contributed by atoms with Crippen LogP contribution in [0.25, 0.3) is 0 Å². The Balaban J connectivity index is 2.89. The molecule has 1 amide bonds. The Morgan fingerprint density at radius 2 is 2.00 bits per heavy atom. The van der Waals surface area contributed by atoms with Gasteiger partial charge in [-0.2, -0.15) is 0 Å². The van der Waals surface area contributed by atoms with E-state index in [0.29, 0.717) is 12.8 Å². The van der Waals surface area contributed by atoms with E-state index in [1.165, 1.54) is 12.1 Å². The Morgan fingerprint density at radius 1 is 1.33 bits per heavy atom. The average Bonchev–Trinajstić information content (AvgIpc) is 2.39. The van der Waals surface area contributed by atoms with Gasteiger partial charge < -0.3 is 10.1 Å². The lowest BCUT2D eigenvalue weighted by molar-refractivity contribution is -0.275. The largest absolute Gasteiger partial charge is 0.573 e. The number of hydrogen-bond acceptors (Lipinski definition) is 2. The molecular weight excluding hydrogens is 290 g/mol. The second-order valence-corrected chi connectivity index (χ2v) is 4.55. The Labute approximate surface area is 120 Å². The number of nitrogens with one attached hydrogen (secondary N) is 1. The lowest BCUT2D eigenvalue weighted by Crippen LogP contribution is -2.23. The van der Waals surface area contributed by atoms with E-state index in [1.807, 2.05) is 13.8 Å². The quantitative estimate of drug-likeness (QED) is 0.786. The molecule has 0 aliphatic heterocycles. The Hall–Kier alpha value is -1.79. The summed E-state index contributed by atoms with van der Waals surface area (Å²) in [5.41, 5.74) is -0.323. The second kappa shape index (κ2) is 7.28. The maximum absolute atomic E-state index is 13.9. The van der Waals surface area contributed by atoms with E-state index >= 15 is 0 Å². The van der Waals surface area contributed by atoms with Crippen molar-refractivity contribution in [3.8, 4) is 5.75 Å². The molecule has 0 saturated heterocycles. The molecular formula is C14H17F4NO2. The monoisotopic (exact) mass is 307 g/mol. The smallest absolute Gasteiger partial charge is 0.403 e. The van der Waals surface area contributed by atoms with Crippen LogP contribution in [0.5, 0.6) is 5.75 Å². The molecule has 1 N–H and O–H groups in total. The highest BCUT2D eigenvalue weighted by atomic mass is 19.4. The molecule has 0 bridgehead atoms. The highest BCUT2D eigenvalue weighted by Crippen LogP contribution is 2.30. The van der Waals surface area contributed by atoms with Crippen molar-refractivity contribution in [2.75, 3.05) is 5.32 Å². The fraction of sp³-hybridized carbons (Fsp3) is 0.500. The number of hydrogen-bond donors (Lipinski definition) is 1. The van der Waals surface area contributed by atoms with Gasteiger partial charge in [-0.25, -0.2) is 4.39 Å². The Morgan fingerprint density at radius 3 is 2.52 bits per heavy atom. The fourth-order valence-electron chi connectivity index (χ4n) is 1.91. The number of alkyl halides is 3. The first-order chi connectivity index (χ1) is 9.78. The Bertz CT molecular complexity index is 488. The van der Waals surface area contributed by atoms with Gasteiger partial charge in [0.2, 0.25) is 5.91 Å². The van der Waals surface area contributed by atoms with Crippen LogP contribution in [0.15, 0.2) is 18.2 Å².